The van der Waals surface area contributed by atoms with Crippen LogP contribution in [0, 0.1) is 5.92 Å². The van der Waals surface area contributed by atoms with Crippen molar-refractivity contribution in [2.45, 2.75) is 19.4 Å². The number of nitrogens with zero attached hydrogens (tertiary/aromatic N) is 3. The lowest BCUT2D eigenvalue weighted by Gasteiger charge is -2.16. The third-order valence-corrected chi connectivity index (χ3v) is 3.48. The van der Waals surface area contributed by atoms with Crippen LogP contribution in [-0.4, -0.2) is 39.5 Å². The largest absolute Gasteiger partial charge is 0.338 e. The molecule has 5 nitrogen and oxygen atoms in total. The molecule has 0 spiro atoms. The molecule has 82 valence electrons. The van der Waals surface area contributed by atoms with Crippen molar-refractivity contribution in [2.24, 2.45) is 11.7 Å². The van der Waals surface area contributed by atoms with Crippen molar-refractivity contribution in [3.8, 4) is 0 Å². The maximum absolute atomic E-state index is 11.9. The summed E-state index contributed by atoms with van der Waals surface area (Å²) >= 11 is 1.14. The van der Waals surface area contributed by atoms with E-state index in [1.165, 1.54) is 6.20 Å². The van der Waals surface area contributed by atoms with Crippen LogP contribution in [0.4, 0.5) is 0 Å². The van der Waals surface area contributed by atoms with Gasteiger partial charge in [0.05, 0.1) is 6.20 Å². The highest BCUT2D eigenvalue weighted by molar-refractivity contribution is 7.07. The van der Waals surface area contributed by atoms with E-state index in [1.54, 1.807) is 0 Å². The molecule has 1 aliphatic rings. The third-order valence-electron chi connectivity index (χ3n) is 2.83. The predicted octanol–water partition coefficient (Wildman–Crippen LogP) is 0.347. The Bertz CT molecular complexity index is 338. The zero-order chi connectivity index (χ0) is 10.8. The average Bonchev–Trinajstić information content (AvgIpc) is 2.88. The van der Waals surface area contributed by atoms with Crippen LogP contribution in [0.1, 0.15) is 23.0 Å². The molecule has 2 unspecified atom stereocenters. The van der Waals surface area contributed by atoms with Crippen molar-refractivity contribution in [1.29, 1.82) is 0 Å². The standard InChI is InChI=1S/C9H14N4OS/c1-6(10)7-2-3-13(5-7)9(14)8-4-11-12-15-8/h4,6-7H,2-3,5,10H2,1H3. The summed E-state index contributed by atoms with van der Waals surface area (Å²) in [7, 11) is 0. The molecule has 1 amide bonds. The lowest BCUT2D eigenvalue weighted by atomic mass is 10.0. The molecule has 2 atom stereocenters. The van der Waals surface area contributed by atoms with E-state index < -0.39 is 0 Å². The van der Waals surface area contributed by atoms with Crippen molar-refractivity contribution in [2.75, 3.05) is 13.1 Å². The maximum atomic E-state index is 11.9. The predicted molar refractivity (Wildman–Crippen MR) is 57.6 cm³/mol. The Kier molecular flexibility index (Phi) is 2.97. The highest BCUT2D eigenvalue weighted by atomic mass is 32.1. The van der Waals surface area contributed by atoms with Gasteiger partial charge in [-0.25, -0.2) is 0 Å². The Labute approximate surface area is 92.4 Å². The highest BCUT2D eigenvalue weighted by Gasteiger charge is 2.29. The van der Waals surface area contributed by atoms with Gasteiger partial charge in [0.15, 0.2) is 0 Å². The van der Waals surface area contributed by atoms with Gasteiger partial charge < -0.3 is 10.6 Å². The number of aromatic nitrogens is 2. The summed E-state index contributed by atoms with van der Waals surface area (Å²) in [6.45, 7) is 3.55. The lowest BCUT2D eigenvalue weighted by Crippen LogP contribution is -2.32. The monoisotopic (exact) mass is 226 g/mol. The van der Waals surface area contributed by atoms with Crippen LogP contribution < -0.4 is 5.73 Å². The summed E-state index contributed by atoms with van der Waals surface area (Å²) in [5.74, 6) is 0.461. The molecule has 1 aromatic heterocycles. The summed E-state index contributed by atoms with van der Waals surface area (Å²) < 4.78 is 3.69. The van der Waals surface area contributed by atoms with E-state index in [0.717, 1.165) is 31.0 Å². The van der Waals surface area contributed by atoms with E-state index in [2.05, 4.69) is 9.59 Å². The van der Waals surface area contributed by atoms with Crippen LogP contribution in [0.5, 0.6) is 0 Å². The summed E-state index contributed by atoms with van der Waals surface area (Å²) in [5.41, 5.74) is 5.82. The zero-order valence-corrected chi connectivity index (χ0v) is 9.41. The molecule has 1 fully saturated rings. The lowest BCUT2D eigenvalue weighted by molar-refractivity contribution is 0.0790. The molecule has 15 heavy (non-hydrogen) atoms. The Hall–Kier alpha value is -1.01. The van der Waals surface area contributed by atoms with Crippen LogP contribution in [0.15, 0.2) is 6.20 Å². The first-order valence-electron chi connectivity index (χ1n) is 5.00. The highest BCUT2D eigenvalue weighted by Crippen LogP contribution is 2.21. The number of likely N-dealkylation sites (tertiary alicyclic amines) is 1. The topological polar surface area (TPSA) is 72.1 Å². The van der Waals surface area contributed by atoms with Gasteiger partial charge in [-0.2, -0.15) is 0 Å². The Balaban J connectivity index is 1.99. The molecule has 0 aromatic carbocycles. The SMILES string of the molecule is CC(N)C1CCN(C(=O)c2cnns2)C1. The quantitative estimate of drug-likeness (QED) is 0.789. The van der Waals surface area contributed by atoms with E-state index in [1.807, 2.05) is 11.8 Å². The first-order chi connectivity index (χ1) is 7.18. The molecule has 0 bridgehead atoms. The molecule has 6 heteroatoms. The fourth-order valence-corrected chi connectivity index (χ4v) is 2.30. The number of carbonyl (C=O) groups excluding carboxylic acids is 1. The van der Waals surface area contributed by atoms with Crippen LogP contribution in [0.3, 0.4) is 0 Å². The van der Waals surface area contributed by atoms with E-state index >= 15 is 0 Å². The molecular weight excluding hydrogens is 212 g/mol. The van der Waals surface area contributed by atoms with Gasteiger partial charge in [-0.15, -0.1) is 5.10 Å². The van der Waals surface area contributed by atoms with Crippen LogP contribution in [-0.2, 0) is 0 Å². The smallest absolute Gasteiger partial charge is 0.267 e. The minimum Gasteiger partial charge on any atom is -0.338 e. The molecule has 1 aliphatic heterocycles. The maximum Gasteiger partial charge on any atom is 0.267 e. The summed E-state index contributed by atoms with van der Waals surface area (Å²) in [4.78, 5) is 14.3. The van der Waals surface area contributed by atoms with E-state index in [0.29, 0.717) is 10.8 Å². The second-order valence-electron chi connectivity index (χ2n) is 3.94. The number of rotatable bonds is 2. The van der Waals surface area contributed by atoms with Gasteiger partial charge in [-0.3, -0.25) is 4.79 Å². The van der Waals surface area contributed by atoms with Crippen LogP contribution in [0.2, 0.25) is 0 Å². The number of hydrogen-bond acceptors (Lipinski definition) is 5. The Morgan fingerprint density at radius 1 is 1.80 bits per heavy atom. The molecule has 0 radical (unpaired) electrons. The number of carbonyl (C=O) groups is 1. The minimum atomic E-state index is 0.0353. The summed E-state index contributed by atoms with van der Waals surface area (Å²) in [5, 5.41) is 3.67. The van der Waals surface area contributed by atoms with Crippen LogP contribution in [0.25, 0.3) is 0 Å². The van der Waals surface area contributed by atoms with Gasteiger partial charge in [-0.05, 0) is 30.8 Å². The van der Waals surface area contributed by atoms with Gasteiger partial charge in [-0.1, -0.05) is 4.49 Å². The molecular formula is C9H14N4OS. The van der Waals surface area contributed by atoms with E-state index in [4.69, 9.17) is 5.73 Å². The minimum absolute atomic E-state index is 0.0353. The molecule has 2 heterocycles. The van der Waals surface area contributed by atoms with E-state index in [-0.39, 0.29) is 11.9 Å². The zero-order valence-electron chi connectivity index (χ0n) is 8.59. The third kappa shape index (κ3) is 2.15. The second-order valence-corrected chi connectivity index (χ2v) is 4.73. The van der Waals surface area contributed by atoms with Crippen molar-refractivity contribution in [1.82, 2.24) is 14.5 Å². The van der Waals surface area contributed by atoms with E-state index in [9.17, 15) is 4.79 Å². The molecule has 0 saturated carbocycles. The van der Waals surface area contributed by atoms with Gasteiger partial charge in [0.1, 0.15) is 4.88 Å². The molecule has 1 saturated heterocycles. The van der Waals surface area contributed by atoms with Crippen molar-refractivity contribution < 1.29 is 4.79 Å². The van der Waals surface area contributed by atoms with Crippen molar-refractivity contribution >= 4 is 17.4 Å². The summed E-state index contributed by atoms with van der Waals surface area (Å²) in [6, 6.07) is 0.155. The molecule has 0 aliphatic carbocycles. The molecule has 2 N–H and O–H groups in total. The van der Waals surface area contributed by atoms with Gasteiger partial charge in [0.25, 0.3) is 5.91 Å². The number of nitrogens with two attached hydrogens (primary N) is 1. The van der Waals surface area contributed by atoms with Gasteiger partial charge >= 0.3 is 0 Å². The summed E-state index contributed by atoms with van der Waals surface area (Å²) in [6.07, 6.45) is 2.52. The second kappa shape index (κ2) is 4.24. The Morgan fingerprint density at radius 3 is 3.13 bits per heavy atom. The average molecular weight is 226 g/mol. The normalized spacial score (nSPS) is 23.1. The first-order valence-corrected chi connectivity index (χ1v) is 5.78. The van der Waals surface area contributed by atoms with Gasteiger partial charge in [0.2, 0.25) is 0 Å². The molecule has 2 rings (SSSR count). The Morgan fingerprint density at radius 2 is 2.60 bits per heavy atom. The van der Waals surface area contributed by atoms with Crippen LogP contribution >= 0.6 is 11.5 Å². The number of hydrogen-bond donors (Lipinski definition) is 1. The number of amides is 1. The van der Waals surface area contributed by atoms with Gasteiger partial charge in [0, 0.05) is 19.1 Å². The van der Waals surface area contributed by atoms with Crippen molar-refractivity contribution in [3.63, 3.8) is 0 Å². The molecule has 1 aromatic rings. The first kappa shape index (κ1) is 10.5. The fourth-order valence-electron chi connectivity index (χ4n) is 1.82. The fraction of sp³-hybridized carbons (Fsp3) is 0.667. The van der Waals surface area contributed by atoms with Crippen molar-refractivity contribution in [3.05, 3.63) is 11.1 Å².